The monoisotopic (exact) mass is 373 g/mol. The van der Waals surface area contributed by atoms with E-state index in [0.29, 0.717) is 31.9 Å². The molecule has 0 aliphatic carbocycles. The van der Waals surface area contributed by atoms with Crippen LogP contribution in [0.2, 0.25) is 0 Å². The molecule has 1 unspecified atom stereocenters. The zero-order valence-electron chi connectivity index (χ0n) is 15.2. The summed E-state index contributed by atoms with van der Waals surface area (Å²) >= 11 is 0. The number of nitrogens with zero attached hydrogens (tertiary/aromatic N) is 1. The number of aryl methyl sites for hydroxylation is 1. The molecule has 0 spiro atoms. The number of nitrogens with one attached hydrogen (secondary N) is 2. The van der Waals surface area contributed by atoms with Gasteiger partial charge in [0.15, 0.2) is 0 Å². The molecule has 1 aromatic carbocycles. The van der Waals surface area contributed by atoms with Gasteiger partial charge in [0, 0.05) is 32.7 Å². The molecule has 1 amide bonds. The molecule has 5 nitrogen and oxygen atoms in total. The highest BCUT2D eigenvalue weighted by Crippen LogP contribution is 2.25. The number of rotatable bonds is 7. The number of carbonyl (C=O) groups excluding carboxylic acids is 1. The Bertz CT molecular complexity index is 602. The van der Waals surface area contributed by atoms with Crippen LogP contribution in [0.5, 0.6) is 5.75 Å². The van der Waals surface area contributed by atoms with E-state index in [9.17, 15) is 18.0 Å². The summed E-state index contributed by atoms with van der Waals surface area (Å²) in [7, 11) is 0. The van der Waals surface area contributed by atoms with Gasteiger partial charge in [0.2, 0.25) is 5.91 Å². The smallest absolute Gasteiger partial charge is 0.405 e. The third-order valence-electron chi connectivity index (χ3n) is 4.60. The molecular weight excluding hydrogens is 347 g/mol. The highest BCUT2D eigenvalue weighted by molar-refractivity contribution is 5.76. The summed E-state index contributed by atoms with van der Waals surface area (Å²) in [5.41, 5.74) is 2.07. The molecule has 26 heavy (non-hydrogen) atoms. The largest absolute Gasteiger partial charge is 0.493 e. The Balaban J connectivity index is 1.79. The van der Waals surface area contributed by atoms with E-state index < -0.39 is 24.7 Å². The zero-order chi connectivity index (χ0) is 19.2. The first kappa shape index (κ1) is 20.5. The van der Waals surface area contributed by atoms with E-state index in [-0.39, 0.29) is 13.0 Å². The average Bonchev–Trinajstić information content (AvgIpc) is 2.58. The van der Waals surface area contributed by atoms with Crippen LogP contribution in [0.4, 0.5) is 13.2 Å². The van der Waals surface area contributed by atoms with Crippen LogP contribution in [0.1, 0.15) is 17.5 Å². The lowest BCUT2D eigenvalue weighted by molar-refractivity contribution is -0.184. The van der Waals surface area contributed by atoms with Crippen molar-refractivity contribution in [1.29, 1.82) is 0 Å². The van der Waals surface area contributed by atoms with Gasteiger partial charge in [-0.1, -0.05) is 12.1 Å². The summed E-state index contributed by atoms with van der Waals surface area (Å²) in [5, 5.41) is 5.42. The number of carbonyl (C=O) groups is 1. The molecular formula is C18H26F3N3O2. The summed E-state index contributed by atoms with van der Waals surface area (Å²) < 4.78 is 45.4. The first-order chi connectivity index (χ1) is 12.3. The molecule has 2 N–H and O–H groups in total. The molecule has 0 aromatic heterocycles. The molecule has 2 rings (SSSR count). The number of hydrogen-bond donors (Lipinski definition) is 2. The Morgan fingerprint density at radius 2 is 2.00 bits per heavy atom. The second-order valence-electron chi connectivity index (χ2n) is 6.44. The van der Waals surface area contributed by atoms with E-state index in [2.05, 4.69) is 10.6 Å². The normalized spacial score (nSPS) is 17.0. The number of alkyl halides is 3. The maximum absolute atomic E-state index is 13.3. The van der Waals surface area contributed by atoms with Gasteiger partial charge in [-0.05, 0) is 31.0 Å². The van der Waals surface area contributed by atoms with Gasteiger partial charge in [0.05, 0.1) is 13.0 Å². The maximum Gasteiger partial charge on any atom is 0.405 e. The van der Waals surface area contributed by atoms with Gasteiger partial charge in [0.25, 0.3) is 0 Å². The van der Waals surface area contributed by atoms with Crippen LogP contribution in [0.25, 0.3) is 0 Å². The van der Waals surface area contributed by atoms with E-state index in [1.54, 1.807) is 0 Å². The second kappa shape index (κ2) is 9.23. The second-order valence-corrected chi connectivity index (χ2v) is 6.44. The predicted octanol–water partition coefficient (Wildman–Crippen LogP) is 2.02. The summed E-state index contributed by atoms with van der Waals surface area (Å²) in [4.78, 5) is 13.3. The Morgan fingerprint density at radius 1 is 1.31 bits per heavy atom. The Hall–Kier alpha value is -1.80. The van der Waals surface area contributed by atoms with E-state index in [1.165, 1.54) is 4.90 Å². The Labute approximate surface area is 151 Å². The van der Waals surface area contributed by atoms with E-state index in [4.69, 9.17) is 4.74 Å². The zero-order valence-corrected chi connectivity index (χ0v) is 15.2. The van der Waals surface area contributed by atoms with Gasteiger partial charge in [-0.25, -0.2) is 0 Å². The minimum absolute atomic E-state index is 0.0134. The fraction of sp³-hybridized carbons (Fsp3) is 0.611. The van der Waals surface area contributed by atoms with Crippen molar-refractivity contribution in [3.05, 3.63) is 29.3 Å². The fourth-order valence-corrected chi connectivity index (χ4v) is 2.88. The highest BCUT2D eigenvalue weighted by atomic mass is 19.4. The summed E-state index contributed by atoms with van der Waals surface area (Å²) in [5.74, 6) is 0.242. The van der Waals surface area contributed by atoms with Gasteiger partial charge in [-0.15, -0.1) is 0 Å². The van der Waals surface area contributed by atoms with E-state index in [0.717, 1.165) is 11.1 Å². The lowest BCUT2D eigenvalue weighted by Crippen LogP contribution is -2.57. The molecule has 1 aliphatic heterocycles. The van der Waals surface area contributed by atoms with Crippen molar-refractivity contribution in [3.63, 3.8) is 0 Å². The van der Waals surface area contributed by atoms with Crippen molar-refractivity contribution in [1.82, 2.24) is 15.5 Å². The molecule has 1 atom stereocenters. The van der Waals surface area contributed by atoms with Gasteiger partial charge < -0.3 is 15.4 Å². The van der Waals surface area contributed by atoms with Crippen LogP contribution in [-0.4, -0.2) is 62.4 Å². The van der Waals surface area contributed by atoms with Gasteiger partial charge in [-0.2, -0.15) is 13.2 Å². The van der Waals surface area contributed by atoms with Crippen LogP contribution in [0.15, 0.2) is 18.2 Å². The lowest BCUT2D eigenvalue weighted by Gasteiger charge is -2.35. The van der Waals surface area contributed by atoms with Crippen LogP contribution < -0.4 is 15.4 Å². The molecule has 1 saturated heterocycles. The number of benzene rings is 1. The minimum Gasteiger partial charge on any atom is -0.493 e. The first-order valence-electron chi connectivity index (χ1n) is 8.76. The number of piperazine rings is 1. The van der Waals surface area contributed by atoms with Crippen molar-refractivity contribution in [2.24, 2.45) is 0 Å². The van der Waals surface area contributed by atoms with Crippen LogP contribution in [0.3, 0.4) is 0 Å². The predicted molar refractivity (Wildman–Crippen MR) is 93.3 cm³/mol. The van der Waals surface area contributed by atoms with Crippen LogP contribution in [0, 0.1) is 13.8 Å². The number of ether oxygens (including phenoxy) is 1. The molecule has 1 aliphatic rings. The van der Waals surface area contributed by atoms with Gasteiger partial charge in [-0.3, -0.25) is 9.69 Å². The molecule has 1 fully saturated rings. The Morgan fingerprint density at radius 3 is 2.65 bits per heavy atom. The van der Waals surface area contributed by atoms with Crippen LogP contribution >= 0.6 is 0 Å². The lowest BCUT2D eigenvalue weighted by atomic mass is 10.1. The quantitative estimate of drug-likeness (QED) is 0.768. The standard InChI is InChI=1S/C18H26F3N3O2/c1-13-4-3-5-15(14(13)2)26-11-6-17(25)23-12-16(18(19,20)21)24-9-7-22-8-10-24/h3-5,16,22H,6-12H2,1-2H3,(H,23,25). The number of halogens is 3. The molecule has 8 heteroatoms. The van der Waals surface area contributed by atoms with E-state index in [1.807, 2.05) is 32.0 Å². The van der Waals surface area contributed by atoms with E-state index >= 15 is 0 Å². The van der Waals surface area contributed by atoms with Crippen molar-refractivity contribution < 1.29 is 22.7 Å². The topological polar surface area (TPSA) is 53.6 Å². The van der Waals surface area contributed by atoms with Gasteiger partial charge >= 0.3 is 6.18 Å². The minimum atomic E-state index is -4.38. The number of amides is 1. The summed E-state index contributed by atoms with van der Waals surface area (Å²) in [6, 6.07) is 3.97. The van der Waals surface area contributed by atoms with Gasteiger partial charge in [0.1, 0.15) is 11.8 Å². The Kier molecular flexibility index (Phi) is 7.28. The van der Waals surface area contributed by atoms with Crippen LogP contribution in [-0.2, 0) is 4.79 Å². The molecule has 0 saturated carbocycles. The average molecular weight is 373 g/mol. The molecule has 1 heterocycles. The molecule has 0 radical (unpaired) electrons. The first-order valence-corrected chi connectivity index (χ1v) is 8.76. The molecule has 146 valence electrons. The third-order valence-corrected chi connectivity index (χ3v) is 4.60. The SMILES string of the molecule is Cc1cccc(OCCC(=O)NCC(N2CCNCC2)C(F)(F)F)c1C. The van der Waals surface area contributed by atoms with Crippen molar-refractivity contribution in [3.8, 4) is 5.75 Å². The maximum atomic E-state index is 13.3. The molecule has 1 aromatic rings. The van der Waals surface area contributed by atoms with Crippen molar-refractivity contribution in [2.75, 3.05) is 39.3 Å². The summed E-state index contributed by atoms with van der Waals surface area (Å²) in [6.45, 7) is 5.24. The molecule has 0 bridgehead atoms. The van der Waals surface area contributed by atoms with Crippen molar-refractivity contribution >= 4 is 5.91 Å². The highest BCUT2D eigenvalue weighted by Gasteiger charge is 2.43. The fourth-order valence-electron chi connectivity index (χ4n) is 2.88. The summed E-state index contributed by atoms with van der Waals surface area (Å²) in [6.07, 6.45) is -4.36. The number of hydrogen-bond acceptors (Lipinski definition) is 4. The third kappa shape index (κ3) is 5.88. The van der Waals surface area contributed by atoms with Crippen molar-refractivity contribution in [2.45, 2.75) is 32.5 Å².